The Balaban J connectivity index is 2.76. The molecule has 0 heterocycles. The van der Waals surface area contributed by atoms with Crippen molar-refractivity contribution in [2.45, 2.75) is 6.43 Å². The van der Waals surface area contributed by atoms with Crippen molar-refractivity contribution in [2.24, 2.45) is 0 Å². The van der Waals surface area contributed by atoms with E-state index in [-0.39, 0.29) is 26.2 Å². The quantitative estimate of drug-likeness (QED) is 0.600. The van der Waals surface area contributed by atoms with Crippen LogP contribution in [0.3, 0.4) is 0 Å². The van der Waals surface area contributed by atoms with E-state index in [1.54, 1.807) is 0 Å². The van der Waals surface area contributed by atoms with Gasteiger partial charge in [0.05, 0.1) is 15.6 Å². The van der Waals surface area contributed by atoms with Gasteiger partial charge < -0.3 is 0 Å². The summed E-state index contributed by atoms with van der Waals surface area (Å²) >= 11 is 17.7. The molecule has 0 amide bonds. The molecule has 0 radical (unpaired) electrons. The zero-order valence-corrected chi connectivity index (χ0v) is 11.5. The Morgan fingerprint density at radius 2 is 1.53 bits per heavy atom. The minimum Gasteiger partial charge on any atom is -0.206 e. The zero-order chi connectivity index (χ0) is 14.2. The van der Waals surface area contributed by atoms with Gasteiger partial charge in [0.1, 0.15) is 5.82 Å². The molecular formula is C13H6Cl3F3. The zero-order valence-electron chi connectivity index (χ0n) is 9.23. The van der Waals surface area contributed by atoms with Crippen molar-refractivity contribution in [2.75, 3.05) is 0 Å². The van der Waals surface area contributed by atoms with Crippen molar-refractivity contribution in [3.05, 3.63) is 56.8 Å². The highest BCUT2D eigenvalue weighted by Gasteiger charge is 2.22. The van der Waals surface area contributed by atoms with E-state index in [4.69, 9.17) is 34.8 Å². The summed E-state index contributed by atoms with van der Waals surface area (Å²) in [6.45, 7) is 0. The first-order valence-corrected chi connectivity index (χ1v) is 6.26. The largest absolute Gasteiger partial charge is 0.267 e. The summed E-state index contributed by atoms with van der Waals surface area (Å²) in [6.07, 6.45) is -2.97. The Morgan fingerprint density at radius 3 is 2.05 bits per heavy atom. The van der Waals surface area contributed by atoms with Crippen LogP contribution in [0.5, 0.6) is 0 Å². The highest BCUT2D eigenvalue weighted by atomic mass is 35.5. The van der Waals surface area contributed by atoms with Crippen LogP contribution in [-0.4, -0.2) is 0 Å². The van der Waals surface area contributed by atoms with Crippen LogP contribution in [0.4, 0.5) is 13.2 Å². The van der Waals surface area contributed by atoms with Crippen LogP contribution in [0, 0.1) is 5.82 Å². The second kappa shape index (κ2) is 5.61. The summed E-state index contributed by atoms with van der Waals surface area (Å²) in [5.74, 6) is -1.01. The molecule has 0 unspecified atom stereocenters. The molecule has 0 fully saturated rings. The van der Waals surface area contributed by atoms with E-state index in [0.717, 1.165) is 6.07 Å². The van der Waals surface area contributed by atoms with Crippen LogP contribution in [0.2, 0.25) is 15.1 Å². The standard InChI is InChI=1S/C13H6Cl3F3/c14-6-4-8(15)11(9(16)5-6)7-2-1-3-10(17)12(7)13(18)19/h1-5,13H. The Bertz CT molecular complexity index is 604. The smallest absolute Gasteiger partial charge is 0.206 e. The van der Waals surface area contributed by atoms with Crippen LogP contribution >= 0.6 is 34.8 Å². The molecule has 100 valence electrons. The van der Waals surface area contributed by atoms with Crippen LogP contribution in [0.1, 0.15) is 12.0 Å². The molecule has 2 aromatic rings. The van der Waals surface area contributed by atoms with Gasteiger partial charge >= 0.3 is 0 Å². The van der Waals surface area contributed by atoms with E-state index in [9.17, 15) is 13.2 Å². The van der Waals surface area contributed by atoms with Gasteiger partial charge in [-0.1, -0.05) is 46.9 Å². The maximum Gasteiger partial charge on any atom is 0.267 e. The molecule has 0 aliphatic heterocycles. The highest BCUT2D eigenvalue weighted by Crippen LogP contribution is 2.41. The lowest BCUT2D eigenvalue weighted by Crippen LogP contribution is -1.96. The molecule has 0 atom stereocenters. The van der Waals surface area contributed by atoms with Gasteiger partial charge in [0, 0.05) is 10.6 Å². The molecule has 19 heavy (non-hydrogen) atoms. The van der Waals surface area contributed by atoms with Gasteiger partial charge in [-0.25, -0.2) is 13.2 Å². The van der Waals surface area contributed by atoms with Crippen LogP contribution in [0.25, 0.3) is 11.1 Å². The Hall–Kier alpha value is -0.900. The molecule has 0 N–H and O–H groups in total. The lowest BCUT2D eigenvalue weighted by Gasteiger charge is -2.13. The molecule has 0 spiro atoms. The molecule has 6 heteroatoms. The van der Waals surface area contributed by atoms with Crippen molar-refractivity contribution in [1.29, 1.82) is 0 Å². The van der Waals surface area contributed by atoms with Crippen molar-refractivity contribution in [3.63, 3.8) is 0 Å². The Morgan fingerprint density at radius 1 is 0.947 bits per heavy atom. The second-order valence-corrected chi connectivity index (χ2v) is 5.00. The molecule has 2 aromatic carbocycles. The van der Waals surface area contributed by atoms with Crippen LogP contribution in [0.15, 0.2) is 30.3 Å². The fourth-order valence-corrected chi connectivity index (χ4v) is 2.80. The van der Waals surface area contributed by atoms with E-state index in [1.165, 1.54) is 24.3 Å². The van der Waals surface area contributed by atoms with E-state index in [1.807, 2.05) is 0 Å². The third-order valence-corrected chi connectivity index (χ3v) is 3.36. The van der Waals surface area contributed by atoms with Gasteiger partial charge in [-0.2, -0.15) is 0 Å². The summed E-state index contributed by atoms with van der Waals surface area (Å²) in [7, 11) is 0. The summed E-state index contributed by atoms with van der Waals surface area (Å²) in [5.41, 5.74) is -0.627. The first-order chi connectivity index (χ1) is 8.91. The highest BCUT2D eigenvalue weighted by molar-refractivity contribution is 6.41. The molecule has 2 rings (SSSR count). The van der Waals surface area contributed by atoms with Gasteiger partial charge in [0.15, 0.2) is 0 Å². The number of rotatable bonds is 2. The Labute approximate surface area is 122 Å². The second-order valence-electron chi connectivity index (χ2n) is 3.75. The lowest BCUT2D eigenvalue weighted by molar-refractivity contribution is 0.147. The van der Waals surface area contributed by atoms with E-state index in [0.29, 0.717) is 0 Å². The van der Waals surface area contributed by atoms with Crippen LogP contribution in [-0.2, 0) is 0 Å². The number of alkyl halides is 2. The van der Waals surface area contributed by atoms with Gasteiger partial charge in [-0.15, -0.1) is 0 Å². The number of hydrogen-bond acceptors (Lipinski definition) is 0. The fourth-order valence-electron chi connectivity index (χ4n) is 1.78. The maximum atomic E-state index is 13.5. The van der Waals surface area contributed by atoms with E-state index >= 15 is 0 Å². The van der Waals surface area contributed by atoms with Crippen molar-refractivity contribution in [1.82, 2.24) is 0 Å². The van der Waals surface area contributed by atoms with Crippen molar-refractivity contribution in [3.8, 4) is 11.1 Å². The molecule has 0 bridgehead atoms. The molecule has 0 aliphatic rings. The first kappa shape index (κ1) is 14.5. The summed E-state index contributed by atoms with van der Waals surface area (Å²) < 4.78 is 39.5. The van der Waals surface area contributed by atoms with Gasteiger partial charge in [0.25, 0.3) is 6.43 Å². The monoisotopic (exact) mass is 324 g/mol. The normalized spacial score (nSPS) is 11.1. The van der Waals surface area contributed by atoms with Crippen molar-refractivity contribution < 1.29 is 13.2 Å². The minimum absolute atomic E-state index is 0.0401. The average Bonchev–Trinajstić information content (AvgIpc) is 2.26. The predicted octanol–water partition coefficient (Wildman–Crippen LogP) is 6.39. The summed E-state index contributed by atoms with van der Waals surface area (Å²) in [4.78, 5) is 0. The summed E-state index contributed by atoms with van der Waals surface area (Å²) in [5, 5.41) is 0.448. The predicted molar refractivity (Wildman–Crippen MR) is 71.8 cm³/mol. The van der Waals surface area contributed by atoms with Gasteiger partial charge in [0.2, 0.25) is 0 Å². The number of benzene rings is 2. The lowest BCUT2D eigenvalue weighted by atomic mass is 9.99. The summed E-state index contributed by atoms with van der Waals surface area (Å²) in [6, 6.07) is 6.35. The molecule has 0 aliphatic carbocycles. The third kappa shape index (κ3) is 2.83. The molecule has 0 saturated heterocycles. The van der Waals surface area contributed by atoms with Crippen molar-refractivity contribution >= 4 is 34.8 Å². The SMILES string of the molecule is Fc1cccc(-c2c(Cl)cc(Cl)cc2Cl)c1C(F)F. The van der Waals surface area contributed by atoms with E-state index in [2.05, 4.69) is 0 Å². The van der Waals surface area contributed by atoms with Gasteiger partial charge in [-0.3, -0.25) is 0 Å². The maximum absolute atomic E-state index is 13.5. The minimum atomic E-state index is -2.97. The molecular weight excluding hydrogens is 319 g/mol. The molecule has 0 saturated carbocycles. The molecule has 0 nitrogen and oxygen atoms in total. The van der Waals surface area contributed by atoms with E-state index < -0.39 is 17.8 Å². The van der Waals surface area contributed by atoms with Crippen LogP contribution < -0.4 is 0 Å². The fraction of sp³-hybridized carbons (Fsp3) is 0.0769. The third-order valence-electron chi connectivity index (χ3n) is 2.55. The first-order valence-electron chi connectivity index (χ1n) is 5.13. The Kier molecular flexibility index (Phi) is 4.29. The number of hydrogen-bond donors (Lipinski definition) is 0. The average molecular weight is 326 g/mol. The number of halogens is 6. The van der Waals surface area contributed by atoms with Gasteiger partial charge in [-0.05, 0) is 23.8 Å². The molecule has 0 aromatic heterocycles. The topological polar surface area (TPSA) is 0 Å².